The molecule has 1 fully saturated rings. The molecule has 1 aliphatic heterocycles. The van der Waals surface area contributed by atoms with E-state index < -0.39 is 5.25 Å². The van der Waals surface area contributed by atoms with Crippen LogP contribution in [0.4, 0.5) is 0 Å². The van der Waals surface area contributed by atoms with Gasteiger partial charge in [-0.1, -0.05) is 11.8 Å². The number of carbonyl (C=O) groups excluding carboxylic acids is 2. The van der Waals surface area contributed by atoms with Gasteiger partial charge in [0.15, 0.2) is 5.16 Å². The molecule has 1 saturated heterocycles. The first-order chi connectivity index (χ1) is 8.15. The van der Waals surface area contributed by atoms with Gasteiger partial charge in [0.2, 0.25) is 11.8 Å². The second kappa shape index (κ2) is 4.84. The number of amides is 2. The van der Waals surface area contributed by atoms with Crippen LogP contribution in [-0.2, 0) is 22.7 Å². The Morgan fingerprint density at radius 3 is 2.82 bits per heavy atom. The third kappa shape index (κ3) is 2.32. The van der Waals surface area contributed by atoms with Crippen molar-refractivity contribution >= 4 is 23.6 Å². The van der Waals surface area contributed by atoms with E-state index in [2.05, 4.69) is 15.5 Å². The van der Waals surface area contributed by atoms with Gasteiger partial charge >= 0.3 is 0 Å². The zero-order valence-electron chi connectivity index (χ0n) is 9.34. The van der Waals surface area contributed by atoms with E-state index in [4.69, 9.17) is 5.73 Å². The Labute approximate surface area is 102 Å². The van der Waals surface area contributed by atoms with Crippen LogP contribution < -0.4 is 11.1 Å². The molecular formula is C9H13N5O2S. The third-order valence-electron chi connectivity index (χ3n) is 2.47. The minimum Gasteiger partial charge on any atom is -0.324 e. The number of rotatable bonds is 4. The molecule has 0 spiro atoms. The van der Waals surface area contributed by atoms with E-state index in [1.54, 1.807) is 0 Å². The number of nitrogens with one attached hydrogen (secondary N) is 1. The van der Waals surface area contributed by atoms with E-state index in [9.17, 15) is 9.59 Å². The average molecular weight is 255 g/mol. The van der Waals surface area contributed by atoms with E-state index in [-0.39, 0.29) is 18.2 Å². The molecule has 0 bridgehead atoms. The summed E-state index contributed by atoms with van der Waals surface area (Å²) in [6.07, 6.45) is 0.192. The van der Waals surface area contributed by atoms with E-state index in [0.717, 1.165) is 0 Å². The van der Waals surface area contributed by atoms with Crippen molar-refractivity contribution in [1.82, 2.24) is 20.1 Å². The third-order valence-corrected chi connectivity index (χ3v) is 3.64. The lowest BCUT2D eigenvalue weighted by Gasteiger charge is -2.07. The SMILES string of the molecule is CCn1c(CN)nnc1SC1CC(=O)NC1=O. The fourth-order valence-corrected chi connectivity index (χ4v) is 2.73. The van der Waals surface area contributed by atoms with Crippen molar-refractivity contribution in [2.45, 2.75) is 36.8 Å². The lowest BCUT2D eigenvalue weighted by Crippen LogP contribution is -2.23. The monoisotopic (exact) mass is 255 g/mol. The van der Waals surface area contributed by atoms with Gasteiger partial charge in [-0.05, 0) is 6.92 Å². The molecule has 1 unspecified atom stereocenters. The molecule has 1 aromatic heterocycles. The molecule has 1 aliphatic rings. The molecule has 2 rings (SSSR count). The van der Waals surface area contributed by atoms with Gasteiger partial charge in [-0.2, -0.15) is 0 Å². The molecule has 1 atom stereocenters. The Bertz CT molecular complexity index is 458. The smallest absolute Gasteiger partial charge is 0.240 e. The van der Waals surface area contributed by atoms with Crippen molar-refractivity contribution in [3.63, 3.8) is 0 Å². The van der Waals surface area contributed by atoms with Gasteiger partial charge in [-0.15, -0.1) is 10.2 Å². The van der Waals surface area contributed by atoms with Gasteiger partial charge in [0.25, 0.3) is 0 Å². The highest BCUT2D eigenvalue weighted by Crippen LogP contribution is 2.27. The summed E-state index contributed by atoms with van der Waals surface area (Å²) in [5.74, 6) is 0.175. The van der Waals surface area contributed by atoms with Crippen molar-refractivity contribution < 1.29 is 9.59 Å². The fourth-order valence-electron chi connectivity index (χ4n) is 1.63. The quantitative estimate of drug-likeness (QED) is 0.687. The number of aromatic nitrogens is 3. The number of hydrogen-bond donors (Lipinski definition) is 2. The summed E-state index contributed by atoms with van der Waals surface area (Å²) in [5, 5.41) is 10.4. The van der Waals surface area contributed by atoms with E-state index >= 15 is 0 Å². The fraction of sp³-hybridized carbons (Fsp3) is 0.556. The van der Waals surface area contributed by atoms with Crippen molar-refractivity contribution in [1.29, 1.82) is 0 Å². The highest BCUT2D eigenvalue weighted by atomic mass is 32.2. The molecule has 92 valence electrons. The molecule has 7 nitrogen and oxygen atoms in total. The van der Waals surface area contributed by atoms with Crippen molar-refractivity contribution in [3.8, 4) is 0 Å². The standard InChI is InChI=1S/C9H13N5O2S/c1-2-14-6(4-10)12-13-9(14)17-5-3-7(15)11-8(5)16/h5H,2-4,10H2,1H3,(H,11,15,16). The summed E-state index contributed by atoms with van der Waals surface area (Å²) in [5.41, 5.74) is 5.53. The predicted molar refractivity (Wildman–Crippen MR) is 61.0 cm³/mol. The zero-order chi connectivity index (χ0) is 12.4. The number of nitrogens with two attached hydrogens (primary N) is 1. The average Bonchev–Trinajstić information content (AvgIpc) is 2.83. The number of thioether (sulfide) groups is 1. The minimum atomic E-state index is -0.414. The maximum absolute atomic E-state index is 11.4. The van der Waals surface area contributed by atoms with Crippen LogP contribution in [0, 0.1) is 0 Å². The first-order valence-electron chi connectivity index (χ1n) is 5.28. The second-order valence-corrected chi connectivity index (χ2v) is 4.74. The maximum atomic E-state index is 11.4. The van der Waals surface area contributed by atoms with Crippen molar-refractivity contribution in [2.75, 3.05) is 0 Å². The lowest BCUT2D eigenvalue weighted by atomic mass is 10.4. The topological polar surface area (TPSA) is 103 Å². The van der Waals surface area contributed by atoms with Crippen LogP contribution in [0.5, 0.6) is 0 Å². The number of hydrogen-bond acceptors (Lipinski definition) is 6. The molecular weight excluding hydrogens is 242 g/mol. The first kappa shape index (κ1) is 12.1. The van der Waals surface area contributed by atoms with Gasteiger partial charge in [-0.25, -0.2) is 0 Å². The Morgan fingerprint density at radius 1 is 1.53 bits per heavy atom. The Kier molecular flexibility index (Phi) is 3.43. The van der Waals surface area contributed by atoms with Crippen LogP contribution in [0.2, 0.25) is 0 Å². The maximum Gasteiger partial charge on any atom is 0.240 e. The minimum absolute atomic E-state index is 0.192. The van der Waals surface area contributed by atoms with Crippen LogP contribution >= 0.6 is 11.8 Å². The molecule has 0 saturated carbocycles. The summed E-state index contributed by atoms with van der Waals surface area (Å²) in [7, 11) is 0. The number of carbonyl (C=O) groups is 2. The van der Waals surface area contributed by atoms with Gasteiger partial charge in [0.05, 0.1) is 6.54 Å². The van der Waals surface area contributed by atoms with E-state index in [1.165, 1.54) is 11.8 Å². The van der Waals surface area contributed by atoms with E-state index in [1.807, 2.05) is 11.5 Å². The molecule has 8 heteroatoms. The van der Waals surface area contributed by atoms with Crippen molar-refractivity contribution in [3.05, 3.63) is 5.82 Å². The Balaban J connectivity index is 2.16. The largest absolute Gasteiger partial charge is 0.324 e. The van der Waals surface area contributed by atoms with Crippen LogP contribution in [0.15, 0.2) is 5.16 Å². The van der Waals surface area contributed by atoms with Crippen molar-refractivity contribution in [2.24, 2.45) is 5.73 Å². The van der Waals surface area contributed by atoms with Crippen LogP contribution in [0.1, 0.15) is 19.2 Å². The summed E-state index contributed by atoms with van der Waals surface area (Å²) in [4.78, 5) is 22.5. The second-order valence-electron chi connectivity index (χ2n) is 3.57. The normalized spacial score (nSPS) is 19.8. The highest BCUT2D eigenvalue weighted by Gasteiger charge is 2.32. The van der Waals surface area contributed by atoms with Crippen LogP contribution in [0.3, 0.4) is 0 Å². The Morgan fingerprint density at radius 2 is 2.29 bits per heavy atom. The molecule has 0 aliphatic carbocycles. The van der Waals surface area contributed by atoms with Crippen LogP contribution in [-0.4, -0.2) is 31.8 Å². The lowest BCUT2D eigenvalue weighted by molar-refractivity contribution is -0.124. The first-order valence-corrected chi connectivity index (χ1v) is 6.16. The molecule has 3 N–H and O–H groups in total. The molecule has 2 heterocycles. The number of imide groups is 1. The molecule has 0 radical (unpaired) electrons. The molecule has 17 heavy (non-hydrogen) atoms. The number of nitrogens with zero attached hydrogens (tertiary/aromatic N) is 3. The molecule has 0 aromatic carbocycles. The van der Waals surface area contributed by atoms with Gasteiger partial charge in [-0.3, -0.25) is 14.9 Å². The molecule has 1 aromatic rings. The van der Waals surface area contributed by atoms with Gasteiger partial charge in [0, 0.05) is 13.0 Å². The van der Waals surface area contributed by atoms with Gasteiger partial charge < -0.3 is 10.3 Å². The van der Waals surface area contributed by atoms with Crippen LogP contribution in [0.25, 0.3) is 0 Å². The Hall–Kier alpha value is -1.41. The predicted octanol–water partition coefficient (Wildman–Crippen LogP) is -0.736. The highest BCUT2D eigenvalue weighted by molar-refractivity contribution is 8.00. The summed E-state index contributed by atoms with van der Waals surface area (Å²) >= 11 is 1.25. The van der Waals surface area contributed by atoms with E-state index in [0.29, 0.717) is 24.1 Å². The molecule has 2 amide bonds. The summed E-state index contributed by atoms with van der Waals surface area (Å²) in [6, 6.07) is 0. The summed E-state index contributed by atoms with van der Waals surface area (Å²) in [6.45, 7) is 2.94. The zero-order valence-corrected chi connectivity index (χ0v) is 10.2. The van der Waals surface area contributed by atoms with Gasteiger partial charge in [0.1, 0.15) is 11.1 Å². The summed E-state index contributed by atoms with van der Waals surface area (Å²) < 4.78 is 1.85.